The lowest BCUT2D eigenvalue weighted by molar-refractivity contribution is -0.149. The number of hydrogen-bond donors (Lipinski definition) is 2. The van der Waals surface area contributed by atoms with Gasteiger partial charge in [0.1, 0.15) is 17.8 Å². The summed E-state index contributed by atoms with van der Waals surface area (Å²) in [5.41, 5.74) is 0.280. The van der Waals surface area contributed by atoms with Crippen LogP contribution in [0.25, 0.3) is 0 Å². The predicted molar refractivity (Wildman–Crippen MR) is 85.3 cm³/mol. The Balaban J connectivity index is 2.13. The minimum atomic E-state index is -1.00. The molecule has 0 unspecified atom stereocenters. The van der Waals surface area contributed by atoms with E-state index in [9.17, 15) is 19.5 Å². The standard InChI is InChI=1S/C15H21N3O4S/c1-8(2)12(17-13(19)10-7-23-9(3)16-10)14(20)18-6-4-5-11(18)15(21)22/h7-8,11-12H,4-6H2,1-3H3,(H,17,19)(H,21,22)/t11-,12-/m0/s1. The number of likely N-dealkylation sites (tertiary alicyclic amines) is 1. The van der Waals surface area contributed by atoms with Crippen LogP contribution < -0.4 is 5.32 Å². The number of aromatic nitrogens is 1. The van der Waals surface area contributed by atoms with E-state index < -0.39 is 24.0 Å². The number of aryl methyl sites for hydroxylation is 1. The van der Waals surface area contributed by atoms with E-state index in [1.54, 1.807) is 12.3 Å². The molecule has 2 rings (SSSR count). The van der Waals surface area contributed by atoms with Crippen molar-refractivity contribution in [1.29, 1.82) is 0 Å². The second-order valence-electron chi connectivity index (χ2n) is 5.97. The van der Waals surface area contributed by atoms with Gasteiger partial charge in [-0.15, -0.1) is 11.3 Å². The summed E-state index contributed by atoms with van der Waals surface area (Å²) < 4.78 is 0. The number of amides is 2. The van der Waals surface area contributed by atoms with E-state index in [1.165, 1.54) is 16.2 Å². The van der Waals surface area contributed by atoms with E-state index >= 15 is 0 Å². The van der Waals surface area contributed by atoms with E-state index in [-0.39, 0.29) is 17.5 Å². The fourth-order valence-electron chi connectivity index (χ4n) is 2.66. The van der Waals surface area contributed by atoms with Gasteiger partial charge in [0.05, 0.1) is 5.01 Å². The summed E-state index contributed by atoms with van der Waals surface area (Å²) in [5, 5.41) is 14.3. The van der Waals surface area contributed by atoms with Gasteiger partial charge in [0.25, 0.3) is 5.91 Å². The van der Waals surface area contributed by atoms with Crippen molar-refractivity contribution in [2.24, 2.45) is 5.92 Å². The lowest BCUT2D eigenvalue weighted by atomic mass is 10.0. The third kappa shape index (κ3) is 3.87. The van der Waals surface area contributed by atoms with Crippen LogP contribution in [0.2, 0.25) is 0 Å². The van der Waals surface area contributed by atoms with Crippen LogP contribution in [0.1, 0.15) is 42.2 Å². The molecule has 2 N–H and O–H groups in total. The van der Waals surface area contributed by atoms with E-state index in [0.717, 1.165) is 5.01 Å². The van der Waals surface area contributed by atoms with Crippen molar-refractivity contribution in [3.8, 4) is 0 Å². The molecule has 0 aliphatic carbocycles. The van der Waals surface area contributed by atoms with E-state index in [2.05, 4.69) is 10.3 Å². The van der Waals surface area contributed by atoms with Gasteiger partial charge in [-0.25, -0.2) is 9.78 Å². The molecule has 0 radical (unpaired) electrons. The highest BCUT2D eigenvalue weighted by atomic mass is 32.1. The maximum atomic E-state index is 12.7. The van der Waals surface area contributed by atoms with Crippen molar-refractivity contribution in [3.63, 3.8) is 0 Å². The van der Waals surface area contributed by atoms with Gasteiger partial charge < -0.3 is 15.3 Å². The molecule has 126 valence electrons. The summed E-state index contributed by atoms with van der Waals surface area (Å²) in [4.78, 5) is 41.7. The highest BCUT2D eigenvalue weighted by Crippen LogP contribution is 2.20. The average Bonchev–Trinajstić information content (AvgIpc) is 3.11. The molecule has 23 heavy (non-hydrogen) atoms. The second-order valence-corrected chi connectivity index (χ2v) is 7.04. The van der Waals surface area contributed by atoms with Gasteiger partial charge in [0.2, 0.25) is 5.91 Å². The van der Waals surface area contributed by atoms with Gasteiger partial charge in [-0.3, -0.25) is 9.59 Å². The molecule has 2 atom stereocenters. The van der Waals surface area contributed by atoms with E-state index in [0.29, 0.717) is 19.4 Å². The Hall–Kier alpha value is -1.96. The number of aliphatic carboxylic acids is 1. The van der Waals surface area contributed by atoms with Gasteiger partial charge in [0, 0.05) is 11.9 Å². The zero-order chi connectivity index (χ0) is 17.1. The molecular formula is C15H21N3O4S. The summed E-state index contributed by atoms with van der Waals surface area (Å²) in [7, 11) is 0. The van der Waals surface area contributed by atoms with Crippen LogP contribution in [0.4, 0.5) is 0 Å². The normalized spacial score (nSPS) is 19.0. The highest BCUT2D eigenvalue weighted by Gasteiger charge is 2.38. The van der Waals surface area contributed by atoms with Crippen molar-refractivity contribution < 1.29 is 19.5 Å². The zero-order valence-corrected chi connectivity index (χ0v) is 14.2. The first kappa shape index (κ1) is 17.4. The minimum Gasteiger partial charge on any atom is -0.480 e. The monoisotopic (exact) mass is 339 g/mol. The zero-order valence-electron chi connectivity index (χ0n) is 13.4. The molecule has 1 aromatic heterocycles. The first-order valence-electron chi connectivity index (χ1n) is 7.57. The van der Waals surface area contributed by atoms with Crippen LogP contribution in [-0.4, -0.2) is 51.4 Å². The van der Waals surface area contributed by atoms with Gasteiger partial charge in [0.15, 0.2) is 0 Å². The molecule has 1 saturated heterocycles. The third-order valence-corrected chi connectivity index (χ3v) is 4.67. The van der Waals surface area contributed by atoms with Gasteiger partial charge in [-0.1, -0.05) is 13.8 Å². The number of thiazole rings is 1. The number of hydrogen-bond acceptors (Lipinski definition) is 5. The Morgan fingerprint density at radius 1 is 1.43 bits per heavy atom. The molecule has 1 fully saturated rings. The van der Waals surface area contributed by atoms with Gasteiger partial charge in [-0.2, -0.15) is 0 Å². The molecule has 7 nitrogen and oxygen atoms in total. The number of carboxylic acids is 1. The smallest absolute Gasteiger partial charge is 0.326 e. The molecule has 1 aliphatic rings. The Labute approximate surface area is 138 Å². The van der Waals surface area contributed by atoms with Gasteiger partial charge in [-0.05, 0) is 25.7 Å². The molecule has 1 aliphatic heterocycles. The molecule has 8 heteroatoms. The Morgan fingerprint density at radius 2 is 2.13 bits per heavy atom. The van der Waals surface area contributed by atoms with Crippen LogP contribution in [0, 0.1) is 12.8 Å². The molecule has 0 aromatic carbocycles. The van der Waals surface area contributed by atoms with Gasteiger partial charge >= 0.3 is 5.97 Å². The molecule has 1 aromatic rings. The van der Waals surface area contributed by atoms with Crippen LogP contribution >= 0.6 is 11.3 Å². The molecule has 2 amide bonds. The number of nitrogens with zero attached hydrogens (tertiary/aromatic N) is 2. The maximum absolute atomic E-state index is 12.7. The van der Waals surface area contributed by atoms with Crippen molar-refractivity contribution >= 4 is 29.1 Å². The Bertz CT molecular complexity index is 614. The molecule has 0 saturated carbocycles. The predicted octanol–water partition coefficient (Wildman–Crippen LogP) is 1.28. The lowest BCUT2D eigenvalue weighted by Gasteiger charge is -2.29. The molecule has 0 bridgehead atoms. The van der Waals surface area contributed by atoms with Crippen molar-refractivity contribution in [2.45, 2.75) is 45.7 Å². The number of carbonyl (C=O) groups excluding carboxylic acids is 2. The van der Waals surface area contributed by atoms with E-state index in [1.807, 2.05) is 13.8 Å². The van der Waals surface area contributed by atoms with Crippen molar-refractivity contribution in [3.05, 3.63) is 16.1 Å². The summed E-state index contributed by atoms with van der Waals surface area (Å²) >= 11 is 1.36. The second kappa shape index (κ2) is 7.08. The summed E-state index contributed by atoms with van der Waals surface area (Å²) in [6.07, 6.45) is 1.11. The summed E-state index contributed by atoms with van der Waals surface area (Å²) in [6.45, 7) is 5.85. The SMILES string of the molecule is Cc1nc(C(=O)N[C@H](C(=O)N2CCC[C@H]2C(=O)O)C(C)C)cs1. The molecular weight excluding hydrogens is 318 g/mol. The number of nitrogens with one attached hydrogen (secondary N) is 1. The van der Waals surface area contributed by atoms with Crippen LogP contribution in [-0.2, 0) is 9.59 Å². The van der Waals surface area contributed by atoms with Crippen LogP contribution in [0.3, 0.4) is 0 Å². The largest absolute Gasteiger partial charge is 0.480 e. The molecule has 2 heterocycles. The van der Waals surface area contributed by atoms with Crippen LogP contribution in [0.5, 0.6) is 0 Å². The summed E-state index contributed by atoms with van der Waals surface area (Å²) in [5.74, 6) is -1.90. The average molecular weight is 339 g/mol. The van der Waals surface area contributed by atoms with Crippen LogP contribution in [0.15, 0.2) is 5.38 Å². The first-order valence-corrected chi connectivity index (χ1v) is 8.45. The Kier molecular flexibility index (Phi) is 5.35. The maximum Gasteiger partial charge on any atom is 0.326 e. The summed E-state index contributed by atoms with van der Waals surface area (Å²) in [6, 6.07) is -1.56. The number of rotatable bonds is 5. The minimum absolute atomic E-state index is 0.152. The number of carbonyl (C=O) groups is 3. The Morgan fingerprint density at radius 3 is 2.65 bits per heavy atom. The fraction of sp³-hybridized carbons (Fsp3) is 0.600. The highest BCUT2D eigenvalue weighted by molar-refractivity contribution is 7.09. The molecule has 0 spiro atoms. The third-order valence-electron chi connectivity index (χ3n) is 3.89. The van der Waals surface area contributed by atoms with E-state index in [4.69, 9.17) is 0 Å². The number of carboxylic acid groups (broad SMARTS) is 1. The lowest BCUT2D eigenvalue weighted by Crippen LogP contribution is -2.53. The first-order chi connectivity index (χ1) is 10.8. The fourth-order valence-corrected chi connectivity index (χ4v) is 3.26. The van der Waals surface area contributed by atoms with Crippen molar-refractivity contribution in [1.82, 2.24) is 15.2 Å². The quantitative estimate of drug-likeness (QED) is 0.842. The van der Waals surface area contributed by atoms with Crippen molar-refractivity contribution in [2.75, 3.05) is 6.54 Å². The topological polar surface area (TPSA) is 99.6 Å².